The third kappa shape index (κ3) is 5.29. The molecule has 3 heteroatoms. The maximum absolute atomic E-state index is 6.49. The monoisotopic (exact) mass is 343 g/mol. The molecule has 2 saturated heterocycles. The lowest BCUT2D eigenvalue weighted by Gasteiger charge is -2.39. The van der Waals surface area contributed by atoms with E-state index in [2.05, 4.69) is 35.2 Å². The summed E-state index contributed by atoms with van der Waals surface area (Å²) in [6.45, 7) is 6.52. The van der Waals surface area contributed by atoms with Crippen molar-refractivity contribution >= 4 is 0 Å². The summed E-state index contributed by atoms with van der Waals surface area (Å²) in [7, 11) is 0. The zero-order valence-corrected chi connectivity index (χ0v) is 15.4. The second-order valence-electron chi connectivity index (χ2n) is 8.37. The molecule has 2 atom stereocenters. The van der Waals surface area contributed by atoms with E-state index in [1.54, 1.807) is 0 Å². The summed E-state index contributed by atoms with van der Waals surface area (Å²) in [6, 6.07) is 11.0. The normalized spacial score (nSPS) is 29.0. The van der Waals surface area contributed by atoms with E-state index in [9.17, 15) is 0 Å². The first-order valence-corrected chi connectivity index (χ1v) is 10.3. The third-order valence-corrected chi connectivity index (χ3v) is 6.19. The molecule has 1 aromatic carbocycles. The summed E-state index contributed by atoms with van der Waals surface area (Å²) in [6.07, 6.45) is 8.02. The molecule has 138 valence electrons. The first-order chi connectivity index (χ1) is 12.4. The van der Waals surface area contributed by atoms with Gasteiger partial charge in [0.05, 0.1) is 6.10 Å². The molecular weight excluding hydrogens is 310 g/mol. The molecule has 0 bridgehead atoms. The minimum absolute atomic E-state index is 0.429. The quantitative estimate of drug-likeness (QED) is 0.752. The van der Waals surface area contributed by atoms with Gasteiger partial charge in [0.25, 0.3) is 0 Å². The summed E-state index contributed by atoms with van der Waals surface area (Å²) in [5, 5.41) is 0. The van der Waals surface area contributed by atoms with E-state index in [1.165, 1.54) is 57.3 Å². The Balaban J connectivity index is 1.34. The minimum Gasteiger partial charge on any atom is -0.381 e. The first-order valence-electron chi connectivity index (χ1n) is 10.3. The van der Waals surface area contributed by atoms with Crippen LogP contribution in [0.4, 0.5) is 0 Å². The molecule has 0 N–H and O–H groups in total. The van der Waals surface area contributed by atoms with Crippen molar-refractivity contribution in [2.75, 3.05) is 39.5 Å². The molecule has 0 amide bonds. The van der Waals surface area contributed by atoms with Crippen LogP contribution in [0.25, 0.3) is 0 Å². The second-order valence-corrected chi connectivity index (χ2v) is 8.37. The number of hydrogen-bond donors (Lipinski definition) is 0. The molecule has 1 aliphatic carbocycles. The zero-order chi connectivity index (χ0) is 16.9. The number of piperidine rings is 1. The van der Waals surface area contributed by atoms with Gasteiger partial charge >= 0.3 is 0 Å². The summed E-state index contributed by atoms with van der Waals surface area (Å²) in [4.78, 5) is 2.71. The summed E-state index contributed by atoms with van der Waals surface area (Å²) < 4.78 is 12.0. The van der Waals surface area contributed by atoms with Gasteiger partial charge in [0.15, 0.2) is 0 Å². The predicted molar refractivity (Wildman–Crippen MR) is 101 cm³/mol. The smallest absolute Gasteiger partial charge is 0.0631 e. The summed E-state index contributed by atoms with van der Waals surface area (Å²) >= 11 is 0. The Bertz CT molecular complexity index is 510. The Hall–Kier alpha value is -0.900. The van der Waals surface area contributed by atoms with Crippen LogP contribution in [0.1, 0.15) is 37.7 Å². The van der Waals surface area contributed by atoms with Crippen molar-refractivity contribution in [3.8, 4) is 0 Å². The molecule has 2 heterocycles. The van der Waals surface area contributed by atoms with E-state index in [4.69, 9.17) is 9.47 Å². The van der Waals surface area contributed by atoms with Gasteiger partial charge < -0.3 is 14.4 Å². The van der Waals surface area contributed by atoms with Gasteiger partial charge in [-0.1, -0.05) is 30.3 Å². The van der Waals surface area contributed by atoms with Crippen LogP contribution in [0.2, 0.25) is 0 Å². The second kappa shape index (κ2) is 8.66. The van der Waals surface area contributed by atoms with Crippen LogP contribution in [0.15, 0.2) is 30.3 Å². The van der Waals surface area contributed by atoms with Gasteiger partial charge in [-0.2, -0.15) is 0 Å². The van der Waals surface area contributed by atoms with Crippen LogP contribution in [0, 0.1) is 17.8 Å². The highest BCUT2D eigenvalue weighted by molar-refractivity contribution is 5.16. The van der Waals surface area contributed by atoms with E-state index in [0.717, 1.165) is 32.2 Å². The maximum Gasteiger partial charge on any atom is 0.0631 e. The van der Waals surface area contributed by atoms with E-state index < -0.39 is 0 Å². The van der Waals surface area contributed by atoms with Crippen molar-refractivity contribution in [1.82, 2.24) is 4.90 Å². The van der Waals surface area contributed by atoms with Gasteiger partial charge in [-0.05, 0) is 55.9 Å². The van der Waals surface area contributed by atoms with Gasteiger partial charge in [-0.3, -0.25) is 0 Å². The average Bonchev–Trinajstić information content (AvgIpc) is 3.47. The fourth-order valence-electron chi connectivity index (χ4n) is 4.42. The highest BCUT2D eigenvalue weighted by Crippen LogP contribution is 2.32. The van der Waals surface area contributed by atoms with Crippen molar-refractivity contribution in [2.45, 2.75) is 44.6 Å². The number of likely N-dealkylation sites (tertiary alicyclic amines) is 1. The summed E-state index contributed by atoms with van der Waals surface area (Å²) in [5.41, 5.74) is 1.46. The Labute approximate surface area is 152 Å². The molecule has 1 saturated carbocycles. The molecule has 25 heavy (non-hydrogen) atoms. The molecule has 1 aromatic rings. The van der Waals surface area contributed by atoms with Crippen LogP contribution in [0.3, 0.4) is 0 Å². The van der Waals surface area contributed by atoms with Gasteiger partial charge in [-0.25, -0.2) is 0 Å². The van der Waals surface area contributed by atoms with E-state index in [-0.39, 0.29) is 0 Å². The lowest BCUT2D eigenvalue weighted by Crippen LogP contribution is -2.46. The van der Waals surface area contributed by atoms with Crippen LogP contribution in [0.5, 0.6) is 0 Å². The molecule has 3 nitrogen and oxygen atoms in total. The molecule has 0 spiro atoms. The van der Waals surface area contributed by atoms with Gasteiger partial charge in [0, 0.05) is 45.4 Å². The largest absolute Gasteiger partial charge is 0.381 e. The number of benzene rings is 1. The lowest BCUT2D eigenvalue weighted by molar-refractivity contribution is -0.0611. The van der Waals surface area contributed by atoms with E-state index in [0.29, 0.717) is 17.9 Å². The molecule has 3 aliphatic rings. The van der Waals surface area contributed by atoms with Crippen molar-refractivity contribution < 1.29 is 9.47 Å². The molecular formula is C22H33NO2. The highest BCUT2D eigenvalue weighted by Gasteiger charge is 2.33. The Kier molecular flexibility index (Phi) is 6.06. The number of ether oxygens (including phenoxy) is 2. The number of nitrogens with zero attached hydrogens (tertiary/aromatic N) is 1. The number of hydrogen-bond acceptors (Lipinski definition) is 3. The molecule has 0 radical (unpaired) electrons. The van der Waals surface area contributed by atoms with Gasteiger partial charge in [0.2, 0.25) is 0 Å². The molecule has 3 fully saturated rings. The van der Waals surface area contributed by atoms with E-state index in [1.807, 2.05) is 0 Å². The van der Waals surface area contributed by atoms with Crippen molar-refractivity contribution in [1.29, 1.82) is 0 Å². The first kappa shape index (κ1) is 17.5. The Morgan fingerprint density at radius 3 is 2.52 bits per heavy atom. The summed E-state index contributed by atoms with van der Waals surface area (Å²) in [5.74, 6) is 2.32. The van der Waals surface area contributed by atoms with Crippen LogP contribution < -0.4 is 0 Å². The van der Waals surface area contributed by atoms with Gasteiger partial charge in [-0.15, -0.1) is 0 Å². The average molecular weight is 344 g/mol. The topological polar surface area (TPSA) is 21.7 Å². The van der Waals surface area contributed by atoms with Gasteiger partial charge in [0.1, 0.15) is 0 Å². The number of rotatable bonds is 7. The van der Waals surface area contributed by atoms with Crippen molar-refractivity contribution in [3.05, 3.63) is 35.9 Å². The standard InChI is InChI=1S/C22H33NO2/c1-2-4-18(5-3-1)14-21-16-23(15-19-6-7-19)11-8-22(21)25-17-20-9-12-24-13-10-20/h1-5,19-22H,6-17H2/t21-,22-/m1/s1. The van der Waals surface area contributed by atoms with Crippen LogP contribution in [-0.2, 0) is 15.9 Å². The third-order valence-electron chi connectivity index (χ3n) is 6.19. The van der Waals surface area contributed by atoms with Crippen molar-refractivity contribution in [2.24, 2.45) is 17.8 Å². The maximum atomic E-state index is 6.49. The van der Waals surface area contributed by atoms with Crippen molar-refractivity contribution in [3.63, 3.8) is 0 Å². The molecule has 4 rings (SSSR count). The van der Waals surface area contributed by atoms with Crippen LogP contribution in [-0.4, -0.2) is 50.5 Å². The fourth-order valence-corrected chi connectivity index (χ4v) is 4.42. The molecule has 0 unspecified atom stereocenters. The van der Waals surface area contributed by atoms with E-state index >= 15 is 0 Å². The zero-order valence-electron chi connectivity index (χ0n) is 15.4. The lowest BCUT2D eigenvalue weighted by atomic mass is 9.88. The Morgan fingerprint density at radius 2 is 1.76 bits per heavy atom. The predicted octanol–water partition coefficient (Wildman–Crippen LogP) is 3.77. The molecule has 0 aromatic heterocycles. The minimum atomic E-state index is 0.429. The Morgan fingerprint density at radius 1 is 0.960 bits per heavy atom. The fraction of sp³-hybridized carbons (Fsp3) is 0.727. The van der Waals surface area contributed by atoms with Crippen LogP contribution >= 0.6 is 0 Å². The highest BCUT2D eigenvalue weighted by atomic mass is 16.5. The SMILES string of the molecule is c1ccc(C[C@@H]2CN(CC3CC3)CC[C@H]2OCC2CCOCC2)cc1. The molecule has 2 aliphatic heterocycles.